The Morgan fingerprint density at radius 3 is 2.69 bits per heavy atom. The number of nitrogens with zero attached hydrogens (tertiary/aromatic N) is 1. The highest BCUT2D eigenvalue weighted by molar-refractivity contribution is 5.78. The van der Waals surface area contributed by atoms with Crippen LogP contribution >= 0.6 is 0 Å². The van der Waals surface area contributed by atoms with Crippen LogP contribution < -0.4 is 5.32 Å². The van der Waals surface area contributed by atoms with Crippen molar-refractivity contribution in [1.82, 2.24) is 9.88 Å². The molecule has 1 aliphatic carbocycles. The molecule has 1 amide bonds. The van der Waals surface area contributed by atoms with Crippen LogP contribution in [0.15, 0.2) is 12.1 Å². The number of hydrogen-bond acceptors (Lipinski definition) is 1. The van der Waals surface area contributed by atoms with Crippen molar-refractivity contribution in [2.45, 2.75) is 39.2 Å². The van der Waals surface area contributed by atoms with Crippen LogP contribution in [0.3, 0.4) is 0 Å². The standard InChI is InChI=1S/C13H20N2O/c1-10-7-8-12(15(10)2)9-14-13(16)11-5-3-4-6-11/h7-8,11H,3-6,9H2,1-2H3,(H,14,16). The number of rotatable bonds is 3. The number of amides is 1. The fourth-order valence-corrected chi connectivity index (χ4v) is 2.35. The number of hydrogen-bond donors (Lipinski definition) is 1. The van der Waals surface area contributed by atoms with E-state index in [9.17, 15) is 4.79 Å². The quantitative estimate of drug-likeness (QED) is 0.832. The predicted octanol–water partition coefficient (Wildman–Crippen LogP) is 2.14. The van der Waals surface area contributed by atoms with Crippen LogP contribution in [0.1, 0.15) is 37.1 Å². The third kappa shape index (κ3) is 2.29. The lowest BCUT2D eigenvalue weighted by Crippen LogP contribution is -2.29. The molecule has 3 nitrogen and oxygen atoms in total. The first-order chi connectivity index (χ1) is 7.68. The summed E-state index contributed by atoms with van der Waals surface area (Å²) in [5.74, 6) is 0.498. The summed E-state index contributed by atoms with van der Waals surface area (Å²) in [6.45, 7) is 2.72. The average Bonchev–Trinajstić information content (AvgIpc) is 2.89. The Balaban J connectivity index is 1.87. The zero-order valence-electron chi connectivity index (χ0n) is 10.1. The third-order valence-corrected chi connectivity index (χ3v) is 3.65. The van der Waals surface area contributed by atoms with Crippen molar-refractivity contribution in [3.05, 3.63) is 23.5 Å². The number of nitrogens with one attached hydrogen (secondary N) is 1. The van der Waals surface area contributed by atoms with Gasteiger partial charge in [-0.25, -0.2) is 0 Å². The molecule has 1 aromatic heterocycles. The molecule has 3 heteroatoms. The predicted molar refractivity (Wildman–Crippen MR) is 64.0 cm³/mol. The van der Waals surface area contributed by atoms with Gasteiger partial charge < -0.3 is 9.88 Å². The molecular formula is C13H20N2O. The molecule has 0 bridgehead atoms. The van der Waals surface area contributed by atoms with E-state index >= 15 is 0 Å². The molecule has 1 heterocycles. The third-order valence-electron chi connectivity index (χ3n) is 3.65. The maximum atomic E-state index is 11.8. The van der Waals surface area contributed by atoms with E-state index in [1.807, 2.05) is 7.05 Å². The second kappa shape index (κ2) is 4.73. The summed E-state index contributed by atoms with van der Waals surface area (Å²) in [5.41, 5.74) is 2.40. The Labute approximate surface area is 96.8 Å². The van der Waals surface area contributed by atoms with Gasteiger partial charge in [-0.15, -0.1) is 0 Å². The van der Waals surface area contributed by atoms with Crippen molar-refractivity contribution in [3.8, 4) is 0 Å². The van der Waals surface area contributed by atoms with E-state index in [-0.39, 0.29) is 11.8 Å². The van der Waals surface area contributed by atoms with Crippen molar-refractivity contribution in [3.63, 3.8) is 0 Å². The van der Waals surface area contributed by atoms with E-state index in [0.29, 0.717) is 6.54 Å². The van der Waals surface area contributed by atoms with Gasteiger partial charge in [-0.05, 0) is 31.9 Å². The van der Waals surface area contributed by atoms with E-state index in [1.54, 1.807) is 0 Å². The summed E-state index contributed by atoms with van der Waals surface area (Å²) < 4.78 is 2.12. The molecule has 16 heavy (non-hydrogen) atoms. The average molecular weight is 220 g/mol. The summed E-state index contributed by atoms with van der Waals surface area (Å²) >= 11 is 0. The molecule has 88 valence electrons. The zero-order chi connectivity index (χ0) is 11.5. The van der Waals surface area contributed by atoms with Gasteiger partial charge in [-0.1, -0.05) is 12.8 Å². The summed E-state index contributed by atoms with van der Waals surface area (Å²) in [4.78, 5) is 11.8. The highest BCUT2D eigenvalue weighted by atomic mass is 16.1. The molecule has 1 aromatic rings. The van der Waals surface area contributed by atoms with Gasteiger partial charge in [0.1, 0.15) is 0 Å². The molecule has 1 N–H and O–H groups in total. The molecule has 1 saturated carbocycles. The van der Waals surface area contributed by atoms with Gasteiger partial charge in [0, 0.05) is 24.4 Å². The minimum Gasteiger partial charge on any atom is -0.350 e. The van der Waals surface area contributed by atoms with Crippen LogP contribution in [0.25, 0.3) is 0 Å². The fourth-order valence-electron chi connectivity index (χ4n) is 2.35. The van der Waals surface area contributed by atoms with E-state index in [2.05, 4.69) is 28.9 Å². The van der Waals surface area contributed by atoms with Crippen LogP contribution in [0.2, 0.25) is 0 Å². The molecule has 1 fully saturated rings. The van der Waals surface area contributed by atoms with Gasteiger partial charge in [0.25, 0.3) is 0 Å². The second-order valence-electron chi connectivity index (χ2n) is 4.72. The first-order valence-electron chi connectivity index (χ1n) is 6.07. The largest absolute Gasteiger partial charge is 0.350 e. The van der Waals surface area contributed by atoms with Crippen molar-refractivity contribution >= 4 is 5.91 Å². The minimum absolute atomic E-state index is 0.233. The molecular weight excluding hydrogens is 200 g/mol. The van der Waals surface area contributed by atoms with Crippen LogP contribution in [0.4, 0.5) is 0 Å². The van der Waals surface area contributed by atoms with Crippen LogP contribution in [0.5, 0.6) is 0 Å². The Kier molecular flexibility index (Phi) is 3.32. The number of carbonyl (C=O) groups is 1. The fraction of sp³-hybridized carbons (Fsp3) is 0.615. The lowest BCUT2D eigenvalue weighted by atomic mass is 10.1. The summed E-state index contributed by atoms with van der Waals surface area (Å²) in [6.07, 6.45) is 4.55. The minimum atomic E-state index is 0.233. The molecule has 2 rings (SSSR count). The van der Waals surface area contributed by atoms with E-state index in [4.69, 9.17) is 0 Å². The van der Waals surface area contributed by atoms with Crippen molar-refractivity contribution < 1.29 is 4.79 Å². The normalized spacial score (nSPS) is 16.6. The molecule has 0 saturated heterocycles. The van der Waals surface area contributed by atoms with E-state index < -0.39 is 0 Å². The lowest BCUT2D eigenvalue weighted by molar-refractivity contribution is -0.125. The summed E-state index contributed by atoms with van der Waals surface area (Å²) in [5, 5.41) is 3.04. The Morgan fingerprint density at radius 2 is 2.12 bits per heavy atom. The number of aryl methyl sites for hydroxylation is 1. The monoisotopic (exact) mass is 220 g/mol. The molecule has 0 spiro atoms. The van der Waals surface area contributed by atoms with Gasteiger partial charge >= 0.3 is 0 Å². The summed E-state index contributed by atoms with van der Waals surface area (Å²) in [7, 11) is 2.03. The molecule has 1 aliphatic rings. The van der Waals surface area contributed by atoms with Gasteiger partial charge in [0.15, 0.2) is 0 Å². The second-order valence-corrected chi connectivity index (χ2v) is 4.72. The molecule has 0 aliphatic heterocycles. The maximum absolute atomic E-state index is 11.8. The van der Waals surface area contributed by atoms with Crippen molar-refractivity contribution in [1.29, 1.82) is 0 Å². The zero-order valence-corrected chi connectivity index (χ0v) is 10.1. The van der Waals surface area contributed by atoms with Crippen LogP contribution in [-0.4, -0.2) is 10.5 Å². The Bertz CT molecular complexity index is 375. The van der Waals surface area contributed by atoms with Gasteiger partial charge in [0.2, 0.25) is 5.91 Å². The van der Waals surface area contributed by atoms with Gasteiger partial charge in [-0.3, -0.25) is 4.79 Å². The highest BCUT2D eigenvalue weighted by Gasteiger charge is 2.22. The maximum Gasteiger partial charge on any atom is 0.223 e. The molecule has 0 aromatic carbocycles. The van der Waals surface area contributed by atoms with E-state index in [0.717, 1.165) is 12.8 Å². The Morgan fingerprint density at radius 1 is 1.44 bits per heavy atom. The van der Waals surface area contributed by atoms with Gasteiger partial charge in [-0.2, -0.15) is 0 Å². The highest BCUT2D eigenvalue weighted by Crippen LogP contribution is 2.24. The van der Waals surface area contributed by atoms with E-state index in [1.165, 1.54) is 24.2 Å². The molecule has 0 atom stereocenters. The van der Waals surface area contributed by atoms with Gasteiger partial charge in [0.05, 0.1) is 6.54 Å². The first kappa shape index (κ1) is 11.2. The number of aromatic nitrogens is 1. The molecule has 0 unspecified atom stereocenters. The molecule has 0 radical (unpaired) electrons. The Hall–Kier alpha value is -1.25. The topological polar surface area (TPSA) is 34.0 Å². The first-order valence-corrected chi connectivity index (χ1v) is 6.07. The van der Waals surface area contributed by atoms with Crippen molar-refractivity contribution in [2.75, 3.05) is 0 Å². The smallest absolute Gasteiger partial charge is 0.223 e. The van der Waals surface area contributed by atoms with Crippen LogP contribution in [0, 0.1) is 12.8 Å². The van der Waals surface area contributed by atoms with Crippen LogP contribution in [-0.2, 0) is 18.4 Å². The summed E-state index contributed by atoms with van der Waals surface area (Å²) in [6, 6.07) is 4.15. The lowest BCUT2D eigenvalue weighted by Gasteiger charge is -2.11. The number of carbonyl (C=O) groups excluding carboxylic acids is 1. The SMILES string of the molecule is Cc1ccc(CNC(=O)C2CCCC2)n1C. The van der Waals surface area contributed by atoms with Crippen molar-refractivity contribution in [2.24, 2.45) is 13.0 Å².